The monoisotopic (exact) mass is 363 g/mol. The van der Waals surface area contributed by atoms with Crippen LogP contribution in [-0.2, 0) is 9.53 Å². The Hall–Kier alpha value is -1.85. The second-order valence-electron chi connectivity index (χ2n) is 5.75. The Kier molecular flexibility index (Phi) is 5.21. The van der Waals surface area contributed by atoms with Crippen LogP contribution in [0.2, 0.25) is 5.02 Å². The van der Waals surface area contributed by atoms with Gasteiger partial charge >= 0.3 is 5.97 Å². The quantitative estimate of drug-likeness (QED) is 0.763. The van der Waals surface area contributed by atoms with E-state index in [2.05, 4.69) is 0 Å². The fourth-order valence-corrected chi connectivity index (χ4v) is 3.70. The number of ether oxygens (including phenoxy) is 1. The summed E-state index contributed by atoms with van der Waals surface area (Å²) in [4.78, 5) is 27.7. The fraction of sp³-hybridized carbons (Fsp3) is 0.333. The molecule has 1 amide bonds. The van der Waals surface area contributed by atoms with Gasteiger partial charge in [0.2, 0.25) is 0 Å². The molecule has 1 aliphatic rings. The van der Waals surface area contributed by atoms with Gasteiger partial charge in [-0.05, 0) is 49.6 Å². The molecule has 1 aromatic heterocycles. The van der Waals surface area contributed by atoms with Gasteiger partial charge in [0.25, 0.3) is 5.91 Å². The fourth-order valence-electron chi connectivity index (χ4n) is 2.68. The summed E-state index contributed by atoms with van der Waals surface area (Å²) in [7, 11) is 0. The van der Waals surface area contributed by atoms with Crippen LogP contribution in [0.15, 0.2) is 36.4 Å². The molecule has 3 rings (SSSR count). The molecule has 2 aromatic rings. The predicted molar refractivity (Wildman–Crippen MR) is 95.5 cm³/mol. The SMILES string of the molecule is C[C@H](OC(=O)c1ccc(-c2ccc(Cl)cc2)s1)C(=O)N1CCCC1. The average molecular weight is 364 g/mol. The molecule has 0 unspecified atom stereocenters. The highest BCUT2D eigenvalue weighted by atomic mass is 35.5. The van der Waals surface area contributed by atoms with Crippen LogP contribution in [0, 0.1) is 0 Å². The number of amides is 1. The molecule has 24 heavy (non-hydrogen) atoms. The van der Waals surface area contributed by atoms with Gasteiger partial charge in [-0.15, -0.1) is 11.3 Å². The van der Waals surface area contributed by atoms with Crippen LogP contribution < -0.4 is 0 Å². The minimum absolute atomic E-state index is 0.115. The van der Waals surface area contributed by atoms with E-state index in [1.165, 1.54) is 11.3 Å². The first kappa shape index (κ1) is 17.0. The van der Waals surface area contributed by atoms with E-state index in [0.29, 0.717) is 9.90 Å². The lowest BCUT2D eigenvalue weighted by molar-refractivity contribution is -0.138. The van der Waals surface area contributed by atoms with E-state index < -0.39 is 12.1 Å². The topological polar surface area (TPSA) is 46.6 Å². The molecular weight excluding hydrogens is 346 g/mol. The van der Waals surface area contributed by atoms with Crippen LogP contribution in [0.4, 0.5) is 0 Å². The Labute approximate surface area is 150 Å². The predicted octanol–water partition coefficient (Wildman–Crippen LogP) is 4.24. The zero-order chi connectivity index (χ0) is 17.1. The van der Waals surface area contributed by atoms with Gasteiger partial charge in [0.05, 0.1) is 0 Å². The molecule has 2 heterocycles. The standard InChI is InChI=1S/C18H18ClNO3S/c1-12(17(21)20-10-2-3-11-20)23-18(22)16-9-8-15(24-16)13-4-6-14(19)7-5-13/h4-9,12H,2-3,10-11H2,1H3/t12-/m0/s1. The van der Waals surface area contributed by atoms with Gasteiger partial charge < -0.3 is 9.64 Å². The number of carbonyl (C=O) groups is 2. The molecule has 1 atom stereocenters. The van der Waals surface area contributed by atoms with Crippen molar-refractivity contribution in [3.63, 3.8) is 0 Å². The van der Waals surface area contributed by atoms with Crippen LogP contribution in [-0.4, -0.2) is 36.0 Å². The Morgan fingerprint density at radius 3 is 2.46 bits per heavy atom. The van der Waals surface area contributed by atoms with Crippen molar-refractivity contribution in [1.29, 1.82) is 0 Å². The highest BCUT2D eigenvalue weighted by Crippen LogP contribution is 2.29. The minimum Gasteiger partial charge on any atom is -0.448 e. The summed E-state index contributed by atoms with van der Waals surface area (Å²) in [6, 6.07) is 11.0. The number of nitrogens with zero attached hydrogens (tertiary/aromatic N) is 1. The maximum atomic E-state index is 12.3. The summed E-state index contributed by atoms with van der Waals surface area (Å²) in [5.74, 6) is -0.574. The van der Waals surface area contributed by atoms with E-state index in [1.54, 1.807) is 17.9 Å². The number of benzene rings is 1. The number of halogens is 1. The maximum Gasteiger partial charge on any atom is 0.349 e. The third-order valence-corrected chi connectivity index (χ3v) is 5.35. The van der Waals surface area contributed by atoms with Crippen molar-refractivity contribution in [3.05, 3.63) is 46.3 Å². The number of hydrogen-bond donors (Lipinski definition) is 0. The zero-order valence-electron chi connectivity index (χ0n) is 13.3. The van der Waals surface area contributed by atoms with Crippen molar-refractivity contribution in [3.8, 4) is 10.4 Å². The van der Waals surface area contributed by atoms with Gasteiger partial charge in [-0.1, -0.05) is 23.7 Å². The van der Waals surface area contributed by atoms with E-state index >= 15 is 0 Å². The van der Waals surface area contributed by atoms with Gasteiger partial charge in [-0.25, -0.2) is 4.79 Å². The normalized spacial score (nSPS) is 15.3. The highest BCUT2D eigenvalue weighted by Gasteiger charge is 2.26. The van der Waals surface area contributed by atoms with Crippen LogP contribution in [0.1, 0.15) is 29.4 Å². The van der Waals surface area contributed by atoms with Gasteiger partial charge in [0.1, 0.15) is 4.88 Å². The Bertz CT molecular complexity index is 735. The van der Waals surface area contributed by atoms with E-state index in [1.807, 2.05) is 30.3 Å². The summed E-state index contributed by atoms with van der Waals surface area (Å²) in [6.45, 7) is 3.13. The van der Waals surface area contributed by atoms with E-state index in [9.17, 15) is 9.59 Å². The molecule has 0 aliphatic carbocycles. The molecule has 126 valence electrons. The number of thiophene rings is 1. The summed E-state index contributed by atoms with van der Waals surface area (Å²) in [5, 5.41) is 0.671. The van der Waals surface area contributed by atoms with Crippen molar-refractivity contribution < 1.29 is 14.3 Å². The first-order valence-electron chi connectivity index (χ1n) is 7.90. The highest BCUT2D eigenvalue weighted by molar-refractivity contribution is 7.17. The Morgan fingerprint density at radius 1 is 1.12 bits per heavy atom. The average Bonchev–Trinajstić information content (AvgIpc) is 3.26. The minimum atomic E-state index is -0.753. The van der Waals surface area contributed by atoms with Crippen molar-refractivity contribution in [2.45, 2.75) is 25.9 Å². The Balaban J connectivity index is 1.65. The summed E-state index contributed by atoms with van der Waals surface area (Å²) in [6.07, 6.45) is 1.28. The van der Waals surface area contributed by atoms with Crippen LogP contribution in [0.5, 0.6) is 0 Å². The molecule has 1 saturated heterocycles. The first-order valence-corrected chi connectivity index (χ1v) is 9.09. The third kappa shape index (κ3) is 3.79. The molecule has 4 nitrogen and oxygen atoms in total. The summed E-state index contributed by atoms with van der Waals surface area (Å²) in [5.41, 5.74) is 0.990. The zero-order valence-corrected chi connectivity index (χ0v) is 14.9. The lowest BCUT2D eigenvalue weighted by Crippen LogP contribution is -2.38. The number of carbonyl (C=O) groups excluding carboxylic acids is 2. The van der Waals surface area contributed by atoms with Gasteiger partial charge in [-0.2, -0.15) is 0 Å². The summed E-state index contributed by atoms with van der Waals surface area (Å²) < 4.78 is 5.34. The van der Waals surface area contributed by atoms with Crippen LogP contribution in [0.3, 0.4) is 0 Å². The molecule has 1 aromatic carbocycles. The molecule has 1 aliphatic heterocycles. The smallest absolute Gasteiger partial charge is 0.349 e. The molecule has 0 saturated carbocycles. The molecule has 0 bridgehead atoms. The van der Waals surface area contributed by atoms with Gasteiger partial charge in [-0.3, -0.25) is 4.79 Å². The van der Waals surface area contributed by atoms with Crippen molar-refractivity contribution in [1.82, 2.24) is 4.90 Å². The number of hydrogen-bond acceptors (Lipinski definition) is 4. The molecular formula is C18H18ClNO3S. The van der Waals surface area contributed by atoms with Gasteiger partial charge in [0.15, 0.2) is 6.10 Å². The lowest BCUT2D eigenvalue weighted by atomic mass is 10.2. The van der Waals surface area contributed by atoms with Crippen molar-refractivity contribution in [2.75, 3.05) is 13.1 Å². The molecule has 6 heteroatoms. The van der Waals surface area contributed by atoms with Crippen molar-refractivity contribution in [2.24, 2.45) is 0 Å². The molecule has 0 radical (unpaired) electrons. The number of esters is 1. The maximum absolute atomic E-state index is 12.3. The number of likely N-dealkylation sites (tertiary alicyclic amines) is 1. The van der Waals surface area contributed by atoms with Crippen LogP contribution in [0.25, 0.3) is 10.4 Å². The largest absolute Gasteiger partial charge is 0.448 e. The first-order chi connectivity index (χ1) is 11.5. The van der Waals surface area contributed by atoms with Gasteiger partial charge in [0, 0.05) is 23.0 Å². The summed E-state index contributed by atoms with van der Waals surface area (Å²) >= 11 is 7.23. The number of rotatable bonds is 4. The van der Waals surface area contributed by atoms with E-state index in [4.69, 9.17) is 16.3 Å². The molecule has 0 N–H and O–H groups in total. The second-order valence-corrected chi connectivity index (χ2v) is 7.27. The van der Waals surface area contributed by atoms with Crippen LogP contribution >= 0.6 is 22.9 Å². The Morgan fingerprint density at radius 2 is 1.79 bits per heavy atom. The lowest BCUT2D eigenvalue weighted by Gasteiger charge is -2.20. The third-order valence-electron chi connectivity index (χ3n) is 3.99. The van der Waals surface area contributed by atoms with E-state index in [0.717, 1.165) is 36.4 Å². The molecule has 1 fully saturated rings. The second kappa shape index (κ2) is 7.36. The van der Waals surface area contributed by atoms with Crippen molar-refractivity contribution >= 4 is 34.8 Å². The molecule has 0 spiro atoms. The van der Waals surface area contributed by atoms with E-state index in [-0.39, 0.29) is 5.91 Å².